The molecular formula is C42H88O3P+. The lowest BCUT2D eigenvalue weighted by molar-refractivity contribution is 0.169. The fourth-order valence-corrected chi connectivity index (χ4v) is 8.40. The van der Waals surface area contributed by atoms with E-state index in [9.17, 15) is 4.89 Å². The first kappa shape index (κ1) is 46.3. The summed E-state index contributed by atoms with van der Waals surface area (Å²) in [6, 6.07) is 0. The van der Waals surface area contributed by atoms with Crippen molar-refractivity contribution in [2.75, 3.05) is 19.4 Å². The second-order valence-electron chi connectivity index (χ2n) is 14.7. The van der Waals surface area contributed by atoms with Crippen molar-refractivity contribution in [1.29, 1.82) is 0 Å². The molecule has 0 radical (unpaired) electrons. The van der Waals surface area contributed by atoms with E-state index in [4.69, 9.17) is 9.05 Å². The summed E-state index contributed by atoms with van der Waals surface area (Å²) in [5, 5.41) is 0. The summed E-state index contributed by atoms with van der Waals surface area (Å²) in [6.07, 6.45) is 49.1. The highest BCUT2D eigenvalue weighted by Gasteiger charge is 2.39. The molecule has 46 heavy (non-hydrogen) atoms. The average Bonchev–Trinajstić information content (AvgIpc) is 3.06. The van der Waals surface area contributed by atoms with Gasteiger partial charge in [0.2, 0.25) is 0 Å². The molecule has 3 nitrogen and oxygen atoms in total. The van der Waals surface area contributed by atoms with Gasteiger partial charge in [-0.15, -0.1) is 0 Å². The van der Waals surface area contributed by atoms with Crippen LogP contribution in [0.5, 0.6) is 0 Å². The molecule has 0 aliphatic rings. The van der Waals surface area contributed by atoms with Gasteiger partial charge in [0.15, 0.2) is 0 Å². The van der Waals surface area contributed by atoms with Gasteiger partial charge < -0.3 is 0 Å². The zero-order valence-corrected chi connectivity index (χ0v) is 33.2. The summed E-state index contributed by atoms with van der Waals surface area (Å²) in [6.45, 7) is 8.21. The van der Waals surface area contributed by atoms with E-state index in [0.717, 1.165) is 25.4 Å². The third-order valence-corrected chi connectivity index (χ3v) is 11.9. The van der Waals surface area contributed by atoms with Crippen molar-refractivity contribution in [1.82, 2.24) is 0 Å². The average molecular weight is 672 g/mol. The van der Waals surface area contributed by atoms with Gasteiger partial charge in [-0.05, 0) is 25.7 Å². The molecular weight excluding hydrogens is 583 g/mol. The topological polar surface area (TPSA) is 38.7 Å². The molecule has 0 aliphatic heterocycles. The van der Waals surface area contributed by atoms with Crippen molar-refractivity contribution < 1.29 is 13.9 Å². The predicted octanol–water partition coefficient (Wildman–Crippen LogP) is 15.9. The second-order valence-corrected chi connectivity index (χ2v) is 16.9. The summed E-state index contributed by atoms with van der Waals surface area (Å²) >= 11 is 0. The van der Waals surface area contributed by atoms with E-state index >= 15 is 0 Å². The molecule has 0 rings (SSSR count). The first-order chi connectivity index (χ1) is 22.7. The van der Waals surface area contributed by atoms with Crippen molar-refractivity contribution in [3.63, 3.8) is 0 Å². The van der Waals surface area contributed by atoms with Crippen LogP contribution in [-0.2, 0) is 9.05 Å². The van der Waals surface area contributed by atoms with E-state index in [1.54, 1.807) is 0 Å². The van der Waals surface area contributed by atoms with Crippen LogP contribution in [0.4, 0.5) is 0 Å². The van der Waals surface area contributed by atoms with Crippen molar-refractivity contribution >= 4 is 7.94 Å². The highest BCUT2D eigenvalue weighted by molar-refractivity contribution is 7.60. The molecule has 0 spiro atoms. The van der Waals surface area contributed by atoms with Crippen LogP contribution in [0.2, 0.25) is 0 Å². The molecule has 0 bridgehead atoms. The van der Waals surface area contributed by atoms with Crippen LogP contribution in [0.25, 0.3) is 0 Å². The Morgan fingerprint density at radius 1 is 0.283 bits per heavy atom. The highest BCUT2D eigenvalue weighted by Crippen LogP contribution is 2.57. The Labute approximate surface area is 292 Å². The zero-order valence-electron chi connectivity index (χ0n) is 32.3. The minimum absolute atomic E-state index is 0.665. The summed E-state index contributed by atoms with van der Waals surface area (Å²) in [7, 11) is -2.71. The molecule has 0 saturated carbocycles. The fraction of sp³-hybridized carbons (Fsp3) is 1.00. The molecule has 0 atom stereocenters. The fourth-order valence-electron chi connectivity index (χ4n) is 6.62. The lowest BCUT2D eigenvalue weighted by Gasteiger charge is -2.17. The van der Waals surface area contributed by atoms with E-state index in [1.165, 1.54) is 212 Å². The molecule has 278 valence electrons. The van der Waals surface area contributed by atoms with Crippen LogP contribution < -0.4 is 0 Å². The molecule has 0 saturated heterocycles. The van der Waals surface area contributed by atoms with E-state index in [-0.39, 0.29) is 0 Å². The number of rotatable bonds is 41. The molecule has 4 heteroatoms. The molecule has 1 N–H and O–H groups in total. The maximum Gasteiger partial charge on any atom is 0.408 e. The molecule has 0 fully saturated rings. The molecule has 0 heterocycles. The Kier molecular flexibility index (Phi) is 40.0. The van der Waals surface area contributed by atoms with Gasteiger partial charge in [0.05, 0.1) is 13.2 Å². The third-order valence-electron chi connectivity index (χ3n) is 9.88. The zero-order chi connectivity index (χ0) is 33.5. The molecule has 0 amide bonds. The van der Waals surface area contributed by atoms with Crippen LogP contribution in [0.1, 0.15) is 252 Å². The quantitative estimate of drug-likeness (QED) is 0.0519. The normalized spacial score (nSPS) is 12.0. The van der Waals surface area contributed by atoms with Gasteiger partial charge in [0, 0.05) is 0 Å². The molecule has 0 aliphatic carbocycles. The first-order valence-corrected chi connectivity index (χ1v) is 23.3. The monoisotopic (exact) mass is 672 g/mol. The summed E-state index contributed by atoms with van der Waals surface area (Å²) in [5.41, 5.74) is 0. The van der Waals surface area contributed by atoms with E-state index in [0.29, 0.717) is 13.2 Å². The lowest BCUT2D eigenvalue weighted by atomic mass is 10.1. The van der Waals surface area contributed by atoms with Gasteiger partial charge in [0.25, 0.3) is 0 Å². The Hall–Kier alpha value is 0.310. The number of hydrogen-bond donors (Lipinski definition) is 1. The van der Waals surface area contributed by atoms with Crippen LogP contribution in [-0.4, -0.2) is 24.3 Å². The van der Waals surface area contributed by atoms with E-state index < -0.39 is 7.94 Å². The van der Waals surface area contributed by atoms with E-state index in [2.05, 4.69) is 20.8 Å². The molecule has 0 unspecified atom stereocenters. The molecule has 0 aromatic rings. The van der Waals surface area contributed by atoms with Crippen LogP contribution in [0, 0.1) is 0 Å². The largest absolute Gasteiger partial charge is 0.408 e. The van der Waals surface area contributed by atoms with Gasteiger partial charge in [0.1, 0.15) is 6.16 Å². The van der Waals surface area contributed by atoms with Crippen molar-refractivity contribution in [3.8, 4) is 0 Å². The van der Waals surface area contributed by atoms with Crippen LogP contribution >= 0.6 is 7.94 Å². The SMILES string of the molecule is CCCCCCCCCCCCCCO[P+](O)(CCCCCCCCCCCCCC)OCCCCCCCCCCCCCC. The Bertz CT molecular complexity index is 513. The van der Waals surface area contributed by atoms with Crippen LogP contribution in [0.15, 0.2) is 0 Å². The Morgan fingerprint density at radius 3 is 0.717 bits per heavy atom. The van der Waals surface area contributed by atoms with Gasteiger partial charge in [-0.2, -0.15) is 13.9 Å². The van der Waals surface area contributed by atoms with Gasteiger partial charge in [-0.1, -0.05) is 226 Å². The maximum atomic E-state index is 11.4. The summed E-state index contributed by atoms with van der Waals surface area (Å²) in [5.74, 6) is 0. The Morgan fingerprint density at radius 2 is 0.478 bits per heavy atom. The maximum absolute atomic E-state index is 11.4. The third kappa shape index (κ3) is 37.1. The Balaban J connectivity index is 4.07. The van der Waals surface area contributed by atoms with Crippen molar-refractivity contribution in [3.05, 3.63) is 0 Å². The standard InChI is InChI=1S/C42H88O3P/c1-4-7-10-13-16-19-22-25-28-31-34-37-40-44-46(43,42-39-36-33-30-27-24-21-18-15-12-9-6-3)45-41-38-35-32-29-26-23-20-17-14-11-8-5-2/h43H,4-42H2,1-3H3/q+1. The van der Waals surface area contributed by atoms with E-state index in [1.807, 2.05) is 0 Å². The second kappa shape index (κ2) is 39.7. The number of unbranched alkanes of at least 4 members (excludes halogenated alkanes) is 33. The van der Waals surface area contributed by atoms with Gasteiger partial charge >= 0.3 is 7.94 Å². The molecule has 0 aromatic carbocycles. The number of hydrogen-bond acceptors (Lipinski definition) is 3. The smallest absolute Gasteiger partial charge is 0.193 e. The van der Waals surface area contributed by atoms with Crippen LogP contribution in [0.3, 0.4) is 0 Å². The van der Waals surface area contributed by atoms with Gasteiger partial charge in [-0.25, -0.2) is 0 Å². The minimum atomic E-state index is -2.71. The summed E-state index contributed by atoms with van der Waals surface area (Å²) in [4.78, 5) is 11.4. The van der Waals surface area contributed by atoms with Gasteiger partial charge in [-0.3, -0.25) is 0 Å². The highest BCUT2D eigenvalue weighted by atomic mass is 31.2. The first-order valence-electron chi connectivity index (χ1n) is 21.6. The molecule has 0 aromatic heterocycles. The predicted molar refractivity (Wildman–Crippen MR) is 209 cm³/mol. The summed E-state index contributed by atoms with van der Waals surface area (Å²) < 4.78 is 12.3. The van der Waals surface area contributed by atoms with Crippen molar-refractivity contribution in [2.45, 2.75) is 252 Å². The van der Waals surface area contributed by atoms with Crippen molar-refractivity contribution in [2.24, 2.45) is 0 Å². The minimum Gasteiger partial charge on any atom is -0.193 e. The lowest BCUT2D eigenvalue weighted by Crippen LogP contribution is -2.09.